The van der Waals surface area contributed by atoms with Gasteiger partial charge in [-0.2, -0.15) is 0 Å². The van der Waals surface area contributed by atoms with Crippen molar-refractivity contribution in [1.82, 2.24) is 0 Å². The van der Waals surface area contributed by atoms with Gasteiger partial charge in [-0.05, 0) is 41.4 Å². The summed E-state index contributed by atoms with van der Waals surface area (Å²) in [5.41, 5.74) is 7.62. The van der Waals surface area contributed by atoms with Gasteiger partial charge in [0, 0.05) is 5.69 Å². The average molecular weight is 266 g/mol. The van der Waals surface area contributed by atoms with E-state index in [1.165, 1.54) is 7.11 Å². The lowest BCUT2D eigenvalue weighted by Gasteiger charge is -2.23. The summed E-state index contributed by atoms with van der Waals surface area (Å²) >= 11 is 4.84. The zero-order valence-electron chi connectivity index (χ0n) is 11.0. The van der Waals surface area contributed by atoms with E-state index in [0.29, 0.717) is 5.56 Å². The Kier molecular flexibility index (Phi) is 4.29. The molecule has 1 aromatic carbocycles. The number of carbonyl (C=O) groups excluding carboxylic acids is 1. The van der Waals surface area contributed by atoms with Crippen LogP contribution in [0.4, 0.5) is 5.69 Å². The summed E-state index contributed by atoms with van der Waals surface area (Å²) in [5, 5.41) is 3.12. The molecule has 4 nitrogen and oxygen atoms in total. The monoisotopic (exact) mass is 266 g/mol. The summed E-state index contributed by atoms with van der Waals surface area (Å²) in [4.78, 5) is 11.5. The van der Waals surface area contributed by atoms with E-state index in [2.05, 4.69) is 5.32 Å². The molecule has 0 atom stereocenters. The Labute approximate surface area is 113 Å². The fourth-order valence-corrected chi connectivity index (χ4v) is 1.76. The second kappa shape index (κ2) is 5.35. The van der Waals surface area contributed by atoms with E-state index in [1.807, 2.05) is 20.8 Å². The predicted octanol–water partition coefficient (Wildman–Crippen LogP) is 2.43. The van der Waals surface area contributed by atoms with E-state index in [4.69, 9.17) is 22.7 Å². The molecular weight excluding hydrogens is 248 g/mol. The molecule has 0 aliphatic carbocycles. The Morgan fingerprint density at radius 2 is 2.00 bits per heavy atom. The zero-order chi connectivity index (χ0) is 13.9. The highest BCUT2D eigenvalue weighted by atomic mass is 32.1. The number of hydrogen-bond donors (Lipinski definition) is 2. The maximum absolute atomic E-state index is 11.5. The number of rotatable bonds is 2. The molecule has 3 N–H and O–H groups in total. The number of thiocarbonyl (C=S) groups is 1. The van der Waals surface area contributed by atoms with Crippen molar-refractivity contribution in [1.29, 1.82) is 0 Å². The van der Waals surface area contributed by atoms with Crippen LogP contribution in [0.3, 0.4) is 0 Å². The third-order valence-electron chi connectivity index (χ3n) is 2.51. The zero-order valence-corrected chi connectivity index (χ0v) is 11.9. The summed E-state index contributed by atoms with van der Waals surface area (Å²) in [7, 11) is 1.36. The number of anilines is 1. The fraction of sp³-hybridized carbons (Fsp3) is 0.385. The van der Waals surface area contributed by atoms with E-state index in [0.717, 1.165) is 11.3 Å². The van der Waals surface area contributed by atoms with Crippen LogP contribution in [0.25, 0.3) is 0 Å². The maximum atomic E-state index is 11.5. The first-order valence-electron chi connectivity index (χ1n) is 5.55. The van der Waals surface area contributed by atoms with Crippen LogP contribution in [0.2, 0.25) is 0 Å². The van der Waals surface area contributed by atoms with Crippen molar-refractivity contribution in [2.45, 2.75) is 26.2 Å². The molecule has 0 aromatic heterocycles. The largest absolute Gasteiger partial charge is 0.465 e. The molecular formula is C13H18N2O2S. The van der Waals surface area contributed by atoms with Gasteiger partial charge in [-0.1, -0.05) is 20.8 Å². The predicted molar refractivity (Wildman–Crippen MR) is 76.9 cm³/mol. The van der Waals surface area contributed by atoms with Gasteiger partial charge in [-0.3, -0.25) is 0 Å². The van der Waals surface area contributed by atoms with Crippen LogP contribution in [0, 0.1) is 0 Å². The number of methoxy groups -OCH3 is 1. The normalized spacial score (nSPS) is 10.9. The molecule has 98 valence electrons. The van der Waals surface area contributed by atoms with Gasteiger partial charge in [0.25, 0.3) is 0 Å². The first-order valence-corrected chi connectivity index (χ1v) is 5.96. The smallest absolute Gasteiger partial charge is 0.337 e. The summed E-state index contributed by atoms with van der Waals surface area (Å²) in [5.74, 6) is -0.359. The molecule has 0 aliphatic rings. The molecule has 0 amide bonds. The minimum absolute atomic E-state index is 0.142. The number of ether oxygens (including phenoxy) is 1. The lowest BCUT2D eigenvalue weighted by molar-refractivity contribution is 0.0600. The molecule has 0 aliphatic heterocycles. The van der Waals surface area contributed by atoms with Crippen molar-refractivity contribution < 1.29 is 9.53 Å². The standard InChI is InChI=1S/C13H18N2O2S/c1-13(2,3)9-7-8(11(16)17-4)5-6-10(9)15-12(14)18/h5-7H,1-4H3,(H3,14,15,18). The molecule has 0 saturated heterocycles. The second-order valence-corrected chi connectivity index (χ2v) is 5.43. The Morgan fingerprint density at radius 3 is 2.44 bits per heavy atom. The van der Waals surface area contributed by atoms with Gasteiger partial charge in [-0.25, -0.2) is 4.79 Å². The lowest BCUT2D eigenvalue weighted by Crippen LogP contribution is -2.23. The van der Waals surface area contributed by atoms with Crippen molar-refractivity contribution in [2.75, 3.05) is 12.4 Å². The molecule has 0 fully saturated rings. The van der Waals surface area contributed by atoms with Gasteiger partial charge in [0.05, 0.1) is 12.7 Å². The molecule has 0 bridgehead atoms. The SMILES string of the molecule is COC(=O)c1ccc(NC(N)=S)c(C(C)(C)C)c1. The van der Waals surface area contributed by atoms with E-state index in [-0.39, 0.29) is 16.5 Å². The minimum Gasteiger partial charge on any atom is -0.465 e. The van der Waals surface area contributed by atoms with Crippen LogP contribution < -0.4 is 11.1 Å². The third kappa shape index (κ3) is 3.43. The number of esters is 1. The molecule has 0 heterocycles. The minimum atomic E-state index is -0.359. The van der Waals surface area contributed by atoms with Crippen molar-refractivity contribution >= 4 is 29.0 Å². The molecule has 0 radical (unpaired) electrons. The first kappa shape index (κ1) is 14.4. The van der Waals surface area contributed by atoms with Crippen LogP contribution >= 0.6 is 12.2 Å². The van der Waals surface area contributed by atoms with Gasteiger partial charge in [-0.15, -0.1) is 0 Å². The first-order chi connectivity index (χ1) is 8.25. The Balaban J connectivity index is 3.29. The summed E-state index contributed by atoms with van der Waals surface area (Å²) in [6.07, 6.45) is 0. The summed E-state index contributed by atoms with van der Waals surface area (Å²) < 4.78 is 4.72. The molecule has 5 heteroatoms. The Bertz CT molecular complexity index is 478. The lowest BCUT2D eigenvalue weighted by atomic mass is 9.84. The van der Waals surface area contributed by atoms with Crippen molar-refractivity contribution in [3.8, 4) is 0 Å². The molecule has 0 saturated carbocycles. The van der Waals surface area contributed by atoms with Crippen LogP contribution in [0.15, 0.2) is 18.2 Å². The average Bonchev–Trinajstić information content (AvgIpc) is 2.26. The van der Waals surface area contributed by atoms with E-state index in [9.17, 15) is 4.79 Å². The van der Waals surface area contributed by atoms with Gasteiger partial charge in [0.15, 0.2) is 5.11 Å². The molecule has 0 spiro atoms. The molecule has 18 heavy (non-hydrogen) atoms. The van der Waals surface area contributed by atoms with Gasteiger partial charge in [0.2, 0.25) is 0 Å². The van der Waals surface area contributed by atoms with Crippen LogP contribution in [0.1, 0.15) is 36.7 Å². The molecule has 0 unspecified atom stereocenters. The van der Waals surface area contributed by atoms with Crippen LogP contribution in [-0.4, -0.2) is 18.2 Å². The number of benzene rings is 1. The molecule has 1 rings (SSSR count). The fourth-order valence-electron chi connectivity index (χ4n) is 1.65. The Hall–Kier alpha value is -1.62. The number of carbonyl (C=O) groups is 1. The number of nitrogens with two attached hydrogens (primary N) is 1. The summed E-state index contributed by atoms with van der Waals surface area (Å²) in [6.45, 7) is 6.15. The van der Waals surface area contributed by atoms with E-state index in [1.54, 1.807) is 18.2 Å². The molecule has 1 aromatic rings. The quantitative estimate of drug-likeness (QED) is 0.636. The van der Waals surface area contributed by atoms with Crippen LogP contribution in [-0.2, 0) is 10.2 Å². The van der Waals surface area contributed by atoms with E-state index < -0.39 is 0 Å². The second-order valence-electron chi connectivity index (χ2n) is 4.99. The van der Waals surface area contributed by atoms with Gasteiger partial charge in [0.1, 0.15) is 0 Å². The van der Waals surface area contributed by atoms with Crippen molar-refractivity contribution in [3.63, 3.8) is 0 Å². The highest BCUT2D eigenvalue weighted by Gasteiger charge is 2.20. The Morgan fingerprint density at radius 1 is 1.39 bits per heavy atom. The number of nitrogens with one attached hydrogen (secondary N) is 1. The van der Waals surface area contributed by atoms with Gasteiger partial charge >= 0.3 is 5.97 Å². The highest BCUT2D eigenvalue weighted by Crippen LogP contribution is 2.30. The third-order valence-corrected chi connectivity index (χ3v) is 2.61. The van der Waals surface area contributed by atoms with Gasteiger partial charge < -0.3 is 15.8 Å². The maximum Gasteiger partial charge on any atom is 0.337 e. The highest BCUT2D eigenvalue weighted by molar-refractivity contribution is 7.80. The van der Waals surface area contributed by atoms with Crippen molar-refractivity contribution in [2.24, 2.45) is 5.73 Å². The van der Waals surface area contributed by atoms with E-state index >= 15 is 0 Å². The topological polar surface area (TPSA) is 64.3 Å². The summed E-state index contributed by atoms with van der Waals surface area (Å²) in [6, 6.07) is 5.26. The van der Waals surface area contributed by atoms with Crippen LogP contribution in [0.5, 0.6) is 0 Å². The number of hydrogen-bond acceptors (Lipinski definition) is 3. The van der Waals surface area contributed by atoms with Crippen molar-refractivity contribution in [3.05, 3.63) is 29.3 Å².